The first-order valence-corrected chi connectivity index (χ1v) is 8.74. The molecule has 7 heteroatoms. The first kappa shape index (κ1) is 16.8. The summed E-state index contributed by atoms with van der Waals surface area (Å²) >= 11 is 0. The van der Waals surface area contributed by atoms with Crippen LogP contribution in [-0.4, -0.2) is 77.5 Å². The number of ether oxygens (including phenoxy) is 1. The third-order valence-corrected chi connectivity index (χ3v) is 5.09. The zero-order valence-electron chi connectivity index (χ0n) is 14.4. The predicted molar refractivity (Wildman–Crippen MR) is 89.2 cm³/mol. The van der Waals surface area contributed by atoms with Crippen molar-refractivity contribution in [3.63, 3.8) is 0 Å². The summed E-state index contributed by atoms with van der Waals surface area (Å²) < 4.78 is 7.55. The van der Waals surface area contributed by atoms with Crippen LogP contribution in [0.1, 0.15) is 36.8 Å². The van der Waals surface area contributed by atoms with Gasteiger partial charge in [0.15, 0.2) is 0 Å². The van der Waals surface area contributed by atoms with Crippen LogP contribution >= 0.6 is 0 Å². The fourth-order valence-corrected chi connectivity index (χ4v) is 3.53. The van der Waals surface area contributed by atoms with E-state index in [0.29, 0.717) is 18.6 Å². The Balaban J connectivity index is 1.70. The van der Waals surface area contributed by atoms with Crippen molar-refractivity contribution in [1.82, 2.24) is 24.6 Å². The lowest BCUT2D eigenvalue weighted by molar-refractivity contribution is 0.180. The number of nitrogens with zero attached hydrogens (tertiary/aromatic N) is 5. The molecule has 1 saturated heterocycles. The molecule has 130 valence electrons. The Morgan fingerprint density at radius 3 is 2.74 bits per heavy atom. The minimum absolute atomic E-state index is 0.331. The lowest BCUT2D eigenvalue weighted by atomic mass is 9.80. The molecule has 2 N–H and O–H groups in total. The standard InChI is InChI=1S/C16H30N6O/c1-20-4-3-5-21(7-6-20)12-15-18-19-16(13-10-14(17)11-13)22(15)8-9-23-2/h13-14H,3-12,17H2,1-2H3. The minimum atomic E-state index is 0.331. The van der Waals surface area contributed by atoms with Gasteiger partial charge in [-0.05, 0) is 39.4 Å². The van der Waals surface area contributed by atoms with Gasteiger partial charge in [0.2, 0.25) is 0 Å². The SMILES string of the molecule is COCCn1c(CN2CCCN(C)CC2)nnc1C1CC(N)C1. The molecular weight excluding hydrogens is 292 g/mol. The summed E-state index contributed by atoms with van der Waals surface area (Å²) in [6.07, 6.45) is 3.27. The fourth-order valence-electron chi connectivity index (χ4n) is 3.53. The summed E-state index contributed by atoms with van der Waals surface area (Å²) in [5.41, 5.74) is 5.95. The van der Waals surface area contributed by atoms with Crippen LogP contribution in [0.25, 0.3) is 0 Å². The maximum atomic E-state index is 5.95. The predicted octanol–water partition coefficient (Wildman–Crippen LogP) is 0.267. The molecule has 2 fully saturated rings. The van der Waals surface area contributed by atoms with Crippen LogP contribution in [0.2, 0.25) is 0 Å². The largest absolute Gasteiger partial charge is 0.383 e. The van der Waals surface area contributed by atoms with Gasteiger partial charge in [0, 0.05) is 38.7 Å². The molecule has 7 nitrogen and oxygen atoms in total. The minimum Gasteiger partial charge on any atom is -0.383 e. The van der Waals surface area contributed by atoms with E-state index in [1.165, 1.54) is 13.0 Å². The van der Waals surface area contributed by atoms with Crippen LogP contribution in [0.3, 0.4) is 0 Å². The van der Waals surface area contributed by atoms with E-state index in [9.17, 15) is 0 Å². The molecule has 2 heterocycles. The van der Waals surface area contributed by atoms with Crippen molar-refractivity contribution in [2.75, 3.05) is 46.9 Å². The van der Waals surface area contributed by atoms with Crippen LogP contribution < -0.4 is 5.73 Å². The first-order chi connectivity index (χ1) is 11.2. The van der Waals surface area contributed by atoms with E-state index in [2.05, 4.69) is 31.6 Å². The molecule has 23 heavy (non-hydrogen) atoms. The van der Waals surface area contributed by atoms with Gasteiger partial charge < -0.3 is 19.9 Å². The van der Waals surface area contributed by atoms with Crippen molar-refractivity contribution in [1.29, 1.82) is 0 Å². The molecule has 2 aliphatic rings. The Hall–Kier alpha value is -1.02. The third kappa shape index (κ3) is 4.09. The van der Waals surface area contributed by atoms with E-state index < -0.39 is 0 Å². The summed E-state index contributed by atoms with van der Waals surface area (Å²) in [7, 11) is 3.94. The zero-order chi connectivity index (χ0) is 16.2. The van der Waals surface area contributed by atoms with Gasteiger partial charge in [-0.1, -0.05) is 0 Å². The fraction of sp³-hybridized carbons (Fsp3) is 0.875. The Morgan fingerprint density at radius 1 is 1.17 bits per heavy atom. The maximum absolute atomic E-state index is 5.95. The summed E-state index contributed by atoms with van der Waals surface area (Å²) in [5, 5.41) is 9.00. The Labute approximate surface area is 138 Å². The highest BCUT2D eigenvalue weighted by molar-refractivity contribution is 5.09. The third-order valence-electron chi connectivity index (χ3n) is 5.09. The van der Waals surface area contributed by atoms with Crippen LogP contribution in [0, 0.1) is 0 Å². The molecule has 1 aromatic heterocycles. The van der Waals surface area contributed by atoms with Crippen LogP contribution in [0.4, 0.5) is 0 Å². The lowest BCUT2D eigenvalue weighted by Crippen LogP contribution is -2.36. The van der Waals surface area contributed by atoms with E-state index in [0.717, 1.165) is 57.2 Å². The molecular formula is C16H30N6O. The second-order valence-electron chi connectivity index (χ2n) is 6.98. The smallest absolute Gasteiger partial charge is 0.147 e. The van der Waals surface area contributed by atoms with Gasteiger partial charge in [-0.3, -0.25) is 4.90 Å². The zero-order valence-corrected chi connectivity index (χ0v) is 14.4. The van der Waals surface area contributed by atoms with E-state index >= 15 is 0 Å². The molecule has 0 atom stereocenters. The van der Waals surface area contributed by atoms with Crippen LogP contribution in [0.15, 0.2) is 0 Å². The summed E-state index contributed by atoms with van der Waals surface area (Å²) in [6.45, 7) is 6.92. The highest BCUT2D eigenvalue weighted by atomic mass is 16.5. The maximum Gasteiger partial charge on any atom is 0.147 e. The van der Waals surface area contributed by atoms with Gasteiger partial charge in [-0.25, -0.2) is 0 Å². The summed E-state index contributed by atoms with van der Waals surface area (Å²) in [6, 6.07) is 0.331. The Kier molecular flexibility index (Phi) is 5.63. The van der Waals surface area contributed by atoms with Gasteiger partial charge in [0.05, 0.1) is 13.2 Å². The van der Waals surface area contributed by atoms with E-state index in [4.69, 9.17) is 10.5 Å². The number of aromatic nitrogens is 3. The highest BCUT2D eigenvalue weighted by Gasteiger charge is 2.32. The van der Waals surface area contributed by atoms with Crippen molar-refractivity contribution >= 4 is 0 Å². The summed E-state index contributed by atoms with van der Waals surface area (Å²) in [5.74, 6) is 2.64. The van der Waals surface area contributed by atoms with Crippen molar-refractivity contribution in [2.24, 2.45) is 5.73 Å². The molecule has 0 spiro atoms. The van der Waals surface area contributed by atoms with Crippen LogP contribution in [-0.2, 0) is 17.8 Å². The number of rotatable bonds is 6. The van der Waals surface area contributed by atoms with Gasteiger partial charge in [-0.15, -0.1) is 10.2 Å². The van der Waals surface area contributed by atoms with Gasteiger partial charge in [-0.2, -0.15) is 0 Å². The molecule has 0 bridgehead atoms. The molecule has 0 radical (unpaired) electrons. The van der Waals surface area contributed by atoms with Crippen LogP contribution in [0.5, 0.6) is 0 Å². The van der Waals surface area contributed by atoms with Gasteiger partial charge in [0.25, 0.3) is 0 Å². The molecule has 0 aromatic carbocycles. The lowest BCUT2D eigenvalue weighted by Gasteiger charge is -2.32. The van der Waals surface area contributed by atoms with Crippen molar-refractivity contribution in [3.8, 4) is 0 Å². The second kappa shape index (κ2) is 7.70. The molecule has 1 aliphatic heterocycles. The monoisotopic (exact) mass is 322 g/mol. The second-order valence-corrected chi connectivity index (χ2v) is 6.98. The quantitative estimate of drug-likeness (QED) is 0.810. The number of hydrogen-bond donors (Lipinski definition) is 1. The summed E-state index contributed by atoms with van der Waals surface area (Å²) in [4.78, 5) is 4.89. The van der Waals surface area contributed by atoms with Gasteiger partial charge in [0.1, 0.15) is 11.6 Å². The molecule has 1 aromatic rings. The number of methoxy groups -OCH3 is 1. The number of hydrogen-bond acceptors (Lipinski definition) is 6. The van der Waals surface area contributed by atoms with Crippen molar-refractivity contribution in [3.05, 3.63) is 11.6 Å². The highest BCUT2D eigenvalue weighted by Crippen LogP contribution is 2.34. The molecule has 3 rings (SSSR count). The Morgan fingerprint density at radius 2 is 2.00 bits per heavy atom. The van der Waals surface area contributed by atoms with Gasteiger partial charge >= 0.3 is 0 Å². The van der Waals surface area contributed by atoms with Crippen molar-refractivity contribution < 1.29 is 4.74 Å². The normalized spacial score (nSPS) is 26.9. The molecule has 0 amide bonds. The average molecular weight is 322 g/mol. The van der Waals surface area contributed by atoms with E-state index in [1.807, 2.05) is 0 Å². The van der Waals surface area contributed by atoms with E-state index in [-0.39, 0.29) is 0 Å². The first-order valence-electron chi connectivity index (χ1n) is 8.74. The molecule has 1 saturated carbocycles. The van der Waals surface area contributed by atoms with E-state index in [1.54, 1.807) is 7.11 Å². The average Bonchev–Trinajstić information content (AvgIpc) is 2.77. The van der Waals surface area contributed by atoms with Crippen molar-refractivity contribution in [2.45, 2.75) is 44.3 Å². The Bertz CT molecular complexity index is 499. The molecule has 1 aliphatic carbocycles. The topological polar surface area (TPSA) is 72.4 Å². The number of likely N-dealkylation sites (N-methyl/N-ethyl adjacent to an activating group) is 1. The molecule has 0 unspecified atom stereocenters. The number of nitrogens with two attached hydrogens (primary N) is 1.